The smallest absolute Gasteiger partial charge is 0.257 e. The third kappa shape index (κ3) is 3.23. The lowest BCUT2D eigenvalue weighted by Gasteiger charge is -2.23. The molecule has 0 aliphatic carbocycles. The average Bonchev–Trinajstić information content (AvgIpc) is 2.62. The first-order chi connectivity index (χ1) is 9.11. The van der Waals surface area contributed by atoms with Crippen LogP contribution in [0.4, 0.5) is 5.69 Å². The van der Waals surface area contributed by atoms with E-state index in [9.17, 15) is 4.79 Å². The highest BCUT2D eigenvalue weighted by Gasteiger charge is 2.23. The van der Waals surface area contributed by atoms with Gasteiger partial charge in [-0.05, 0) is 26.3 Å². The fraction of sp³-hybridized carbons (Fsp3) is 0.571. The Bertz CT molecular complexity index is 462. The van der Waals surface area contributed by atoms with Crippen molar-refractivity contribution in [1.29, 1.82) is 0 Å². The second-order valence-corrected chi connectivity index (χ2v) is 4.91. The SMILES string of the molecule is CNc1cc(C)ncc1C(=O)N1CCCOC(C)C1. The van der Waals surface area contributed by atoms with Crippen LogP contribution in [0.15, 0.2) is 12.3 Å². The maximum atomic E-state index is 12.6. The Morgan fingerprint density at radius 2 is 2.37 bits per heavy atom. The van der Waals surface area contributed by atoms with Gasteiger partial charge in [0.05, 0.1) is 17.4 Å². The first-order valence-corrected chi connectivity index (χ1v) is 6.67. The Morgan fingerprint density at radius 3 is 3.11 bits per heavy atom. The summed E-state index contributed by atoms with van der Waals surface area (Å²) in [5, 5.41) is 3.06. The number of pyridine rings is 1. The van der Waals surface area contributed by atoms with E-state index >= 15 is 0 Å². The topological polar surface area (TPSA) is 54.5 Å². The average molecular weight is 263 g/mol. The zero-order valence-electron chi connectivity index (χ0n) is 11.8. The molecule has 1 fully saturated rings. The molecular weight excluding hydrogens is 242 g/mol. The molecule has 1 aromatic heterocycles. The number of anilines is 1. The molecule has 0 bridgehead atoms. The summed E-state index contributed by atoms with van der Waals surface area (Å²) in [6, 6.07) is 1.89. The number of carbonyl (C=O) groups is 1. The van der Waals surface area contributed by atoms with Gasteiger partial charge in [0.15, 0.2) is 0 Å². The van der Waals surface area contributed by atoms with Crippen LogP contribution in [0.2, 0.25) is 0 Å². The van der Waals surface area contributed by atoms with E-state index in [2.05, 4.69) is 10.3 Å². The number of nitrogens with zero attached hydrogens (tertiary/aromatic N) is 2. The van der Waals surface area contributed by atoms with Gasteiger partial charge in [0.2, 0.25) is 0 Å². The number of ether oxygens (including phenoxy) is 1. The van der Waals surface area contributed by atoms with E-state index in [-0.39, 0.29) is 12.0 Å². The molecule has 2 rings (SSSR count). The standard InChI is InChI=1S/C14H21N3O2/c1-10-7-13(15-3)12(8-16-10)14(18)17-5-4-6-19-11(2)9-17/h7-8,11H,4-6,9H2,1-3H3,(H,15,16). The van der Waals surface area contributed by atoms with Gasteiger partial charge in [-0.3, -0.25) is 9.78 Å². The fourth-order valence-corrected chi connectivity index (χ4v) is 2.29. The van der Waals surface area contributed by atoms with Crippen LogP contribution in [0.5, 0.6) is 0 Å². The largest absolute Gasteiger partial charge is 0.387 e. The molecule has 0 radical (unpaired) electrons. The molecule has 1 N–H and O–H groups in total. The normalized spacial score (nSPS) is 19.9. The van der Waals surface area contributed by atoms with E-state index in [0.29, 0.717) is 12.1 Å². The molecule has 5 nitrogen and oxygen atoms in total. The van der Waals surface area contributed by atoms with Crippen LogP contribution < -0.4 is 5.32 Å². The number of aryl methyl sites for hydroxylation is 1. The maximum Gasteiger partial charge on any atom is 0.257 e. The Kier molecular flexibility index (Phi) is 4.37. The minimum atomic E-state index is 0.0224. The molecule has 1 atom stereocenters. The van der Waals surface area contributed by atoms with Gasteiger partial charge in [-0.2, -0.15) is 0 Å². The number of carbonyl (C=O) groups excluding carboxylic acids is 1. The van der Waals surface area contributed by atoms with Crippen LogP contribution in [0.1, 0.15) is 29.4 Å². The molecule has 5 heteroatoms. The van der Waals surface area contributed by atoms with E-state index in [1.165, 1.54) is 0 Å². The number of amides is 1. The van der Waals surface area contributed by atoms with E-state index < -0.39 is 0 Å². The zero-order valence-corrected chi connectivity index (χ0v) is 11.8. The predicted octanol–water partition coefficient (Wildman–Crippen LogP) is 1.68. The quantitative estimate of drug-likeness (QED) is 0.882. The highest BCUT2D eigenvalue weighted by Crippen LogP contribution is 2.18. The van der Waals surface area contributed by atoms with E-state index in [4.69, 9.17) is 4.74 Å². The van der Waals surface area contributed by atoms with Crippen molar-refractivity contribution in [2.75, 3.05) is 32.1 Å². The molecule has 1 unspecified atom stereocenters. The van der Waals surface area contributed by atoms with Crippen molar-refractivity contribution in [3.8, 4) is 0 Å². The summed E-state index contributed by atoms with van der Waals surface area (Å²) in [6.07, 6.45) is 2.62. The molecule has 1 aliphatic heterocycles. The summed E-state index contributed by atoms with van der Waals surface area (Å²) in [6.45, 7) is 6.00. The Hall–Kier alpha value is -1.62. The molecule has 0 spiro atoms. The van der Waals surface area contributed by atoms with Crippen molar-refractivity contribution in [2.45, 2.75) is 26.4 Å². The molecule has 1 aliphatic rings. The molecule has 1 saturated heterocycles. The summed E-state index contributed by atoms with van der Waals surface area (Å²) in [5.41, 5.74) is 2.35. The van der Waals surface area contributed by atoms with Crippen molar-refractivity contribution in [2.24, 2.45) is 0 Å². The Labute approximate surface area is 114 Å². The van der Waals surface area contributed by atoms with Crippen molar-refractivity contribution in [1.82, 2.24) is 9.88 Å². The molecule has 2 heterocycles. The van der Waals surface area contributed by atoms with Crippen LogP contribution in [0.25, 0.3) is 0 Å². The molecule has 0 aromatic carbocycles. The summed E-state index contributed by atoms with van der Waals surface area (Å²) in [7, 11) is 1.82. The molecular formula is C14H21N3O2. The van der Waals surface area contributed by atoms with Gasteiger partial charge in [-0.25, -0.2) is 0 Å². The van der Waals surface area contributed by atoms with Gasteiger partial charge < -0.3 is 15.0 Å². The van der Waals surface area contributed by atoms with Gasteiger partial charge in [0.25, 0.3) is 5.91 Å². The van der Waals surface area contributed by atoms with E-state index in [0.717, 1.165) is 31.0 Å². The third-order valence-electron chi connectivity index (χ3n) is 3.28. The summed E-state index contributed by atoms with van der Waals surface area (Å²) < 4.78 is 5.57. The predicted molar refractivity (Wildman–Crippen MR) is 74.5 cm³/mol. The second-order valence-electron chi connectivity index (χ2n) is 4.91. The number of hydrogen-bond donors (Lipinski definition) is 1. The minimum absolute atomic E-state index is 0.0224. The van der Waals surface area contributed by atoms with Crippen LogP contribution in [0.3, 0.4) is 0 Å². The van der Waals surface area contributed by atoms with Gasteiger partial charge in [-0.15, -0.1) is 0 Å². The van der Waals surface area contributed by atoms with Crippen LogP contribution in [-0.2, 0) is 4.74 Å². The first kappa shape index (κ1) is 13.8. The van der Waals surface area contributed by atoms with Gasteiger partial charge in [0, 0.05) is 38.6 Å². The first-order valence-electron chi connectivity index (χ1n) is 6.67. The third-order valence-corrected chi connectivity index (χ3v) is 3.28. The monoisotopic (exact) mass is 263 g/mol. The van der Waals surface area contributed by atoms with Crippen molar-refractivity contribution in [3.05, 3.63) is 23.5 Å². The van der Waals surface area contributed by atoms with Crippen molar-refractivity contribution < 1.29 is 9.53 Å². The van der Waals surface area contributed by atoms with Crippen molar-refractivity contribution >= 4 is 11.6 Å². The highest BCUT2D eigenvalue weighted by atomic mass is 16.5. The lowest BCUT2D eigenvalue weighted by Crippen LogP contribution is -2.36. The summed E-state index contributed by atoms with van der Waals surface area (Å²) in [4.78, 5) is 18.7. The van der Waals surface area contributed by atoms with Gasteiger partial charge in [-0.1, -0.05) is 0 Å². The second kappa shape index (κ2) is 6.02. The van der Waals surface area contributed by atoms with Crippen molar-refractivity contribution in [3.63, 3.8) is 0 Å². The summed E-state index contributed by atoms with van der Waals surface area (Å²) >= 11 is 0. The molecule has 104 valence electrons. The van der Waals surface area contributed by atoms with Gasteiger partial charge >= 0.3 is 0 Å². The highest BCUT2D eigenvalue weighted by molar-refractivity contribution is 5.99. The van der Waals surface area contributed by atoms with E-state index in [1.807, 2.05) is 31.9 Å². The number of aromatic nitrogens is 1. The minimum Gasteiger partial charge on any atom is -0.387 e. The van der Waals surface area contributed by atoms with Crippen LogP contribution in [0, 0.1) is 6.92 Å². The maximum absolute atomic E-state index is 12.6. The van der Waals surface area contributed by atoms with E-state index in [1.54, 1.807) is 6.20 Å². The zero-order chi connectivity index (χ0) is 13.8. The lowest BCUT2D eigenvalue weighted by atomic mass is 10.1. The molecule has 0 saturated carbocycles. The Morgan fingerprint density at radius 1 is 1.58 bits per heavy atom. The molecule has 1 aromatic rings. The molecule has 19 heavy (non-hydrogen) atoms. The van der Waals surface area contributed by atoms with Gasteiger partial charge in [0.1, 0.15) is 0 Å². The molecule has 1 amide bonds. The summed E-state index contributed by atoms with van der Waals surface area (Å²) in [5.74, 6) is 0.0224. The number of rotatable bonds is 2. The van der Waals surface area contributed by atoms with Crippen LogP contribution >= 0.6 is 0 Å². The number of nitrogens with one attached hydrogen (secondary N) is 1. The Balaban J connectivity index is 2.23. The van der Waals surface area contributed by atoms with Crippen LogP contribution in [-0.4, -0.2) is 48.6 Å². The lowest BCUT2D eigenvalue weighted by molar-refractivity contribution is 0.0563. The fourth-order valence-electron chi connectivity index (χ4n) is 2.29. The number of hydrogen-bond acceptors (Lipinski definition) is 4.